The number of methoxy groups -OCH3 is 1. The molecule has 2 aromatic rings. The normalized spacial score (nSPS) is 11.0. The second-order valence-corrected chi connectivity index (χ2v) is 5.12. The first kappa shape index (κ1) is 14.6. The van der Waals surface area contributed by atoms with Crippen LogP contribution < -0.4 is 4.90 Å². The standard InChI is InChI=1S/C16H14INO2/c1-20-16(19)18(14-10-6-3-7-11-14)15(17)12-13-8-4-2-5-9-13/h2-12H,1H3/b15-12-. The molecule has 4 heteroatoms. The predicted molar refractivity (Wildman–Crippen MR) is 89.8 cm³/mol. The van der Waals surface area contributed by atoms with Crippen molar-refractivity contribution in [3.63, 3.8) is 0 Å². The van der Waals surface area contributed by atoms with Gasteiger partial charge in [-0.1, -0.05) is 48.5 Å². The molecule has 0 fully saturated rings. The van der Waals surface area contributed by atoms with Crippen LogP contribution in [0.3, 0.4) is 0 Å². The smallest absolute Gasteiger partial charge is 0.419 e. The Bertz CT molecular complexity index is 596. The van der Waals surface area contributed by atoms with Crippen LogP contribution >= 0.6 is 22.6 Å². The van der Waals surface area contributed by atoms with Crippen LogP contribution in [0.2, 0.25) is 0 Å². The predicted octanol–water partition coefficient (Wildman–Crippen LogP) is 4.69. The molecular weight excluding hydrogens is 365 g/mol. The van der Waals surface area contributed by atoms with E-state index in [9.17, 15) is 4.79 Å². The zero-order valence-corrected chi connectivity index (χ0v) is 13.2. The molecule has 0 saturated carbocycles. The van der Waals surface area contributed by atoms with Gasteiger partial charge in [0.25, 0.3) is 0 Å². The van der Waals surface area contributed by atoms with Gasteiger partial charge >= 0.3 is 6.09 Å². The minimum atomic E-state index is -0.409. The molecule has 0 unspecified atom stereocenters. The molecule has 0 heterocycles. The van der Waals surface area contributed by atoms with Gasteiger partial charge < -0.3 is 4.74 Å². The molecule has 0 atom stereocenters. The Kier molecular flexibility index (Phi) is 5.17. The maximum absolute atomic E-state index is 12.0. The van der Waals surface area contributed by atoms with Crippen molar-refractivity contribution in [2.24, 2.45) is 0 Å². The number of hydrogen-bond acceptors (Lipinski definition) is 2. The lowest BCUT2D eigenvalue weighted by Crippen LogP contribution is -2.27. The first-order valence-corrected chi connectivity index (χ1v) is 7.15. The molecule has 3 nitrogen and oxygen atoms in total. The van der Waals surface area contributed by atoms with Gasteiger partial charge in [0.2, 0.25) is 0 Å². The van der Waals surface area contributed by atoms with Crippen molar-refractivity contribution in [2.75, 3.05) is 12.0 Å². The van der Waals surface area contributed by atoms with Gasteiger partial charge in [-0.15, -0.1) is 0 Å². The lowest BCUT2D eigenvalue weighted by Gasteiger charge is -2.20. The third-order valence-corrected chi connectivity index (χ3v) is 3.46. The summed E-state index contributed by atoms with van der Waals surface area (Å²) in [5.41, 5.74) is 1.80. The molecule has 0 radical (unpaired) electrons. The molecule has 20 heavy (non-hydrogen) atoms. The number of benzene rings is 2. The van der Waals surface area contributed by atoms with Crippen molar-refractivity contribution in [3.8, 4) is 0 Å². The van der Waals surface area contributed by atoms with Gasteiger partial charge in [-0.05, 0) is 46.4 Å². The Morgan fingerprint density at radius 1 is 1.05 bits per heavy atom. The summed E-state index contributed by atoms with van der Waals surface area (Å²) in [6, 6.07) is 19.3. The fourth-order valence-electron chi connectivity index (χ4n) is 1.74. The van der Waals surface area contributed by atoms with Crippen molar-refractivity contribution >= 4 is 40.4 Å². The Morgan fingerprint density at radius 3 is 2.15 bits per heavy atom. The maximum atomic E-state index is 12.0. The summed E-state index contributed by atoms with van der Waals surface area (Å²) in [7, 11) is 1.38. The van der Waals surface area contributed by atoms with E-state index in [0.717, 1.165) is 15.0 Å². The van der Waals surface area contributed by atoms with Gasteiger partial charge in [-0.2, -0.15) is 0 Å². The number of halogens is 1. The summed E-state index contributed by atoms with van der Waals surface area (Å²) in [5, 5.41) is 0. The molecule has 2 rings (SSSR count). The van der Waals surface area contributed by atoms with Crippen molar-refractivity contribution in [3.05, 3.63) is 69.9 Å². The fraction of sp³-hybridized carbons (Fsp3) is 0.0625. The van der Waals surface area contributed by atoms with Crippen molar-refractivity contribution in [1.29, 1.82) is 0 Å². The third kappa shape index (κ3) is 3.60. The molecule has 0 aliphatic heterocycles. The van der Waals surface area contributed by atoms with Crippen LogP contribution in [0.1, 0.15) is 5.56 Å². The average Bonchev–Trinajstić information content (AvgIpc) is 2.49. The molecule has 0 bridgehead atoms. The lowest BCUT2D eigenvalue weighted by atomic mass is 10.2. The van der Waals surface area contributed by atoms with Gasteiger partial charge in [-0.25, -0.2) is 9.69 Å². The largest absolute Gasteiger partial charge is 0.452 e. The van der Waals surface area contributed by atoms with Crippen molar-refractivity contribution < 1.29 is 9.53 Å². The third-order valence-electron chi connectivity index (χ3n) is 2.67. The topological polar surface area (TPSA) is 29.5 Å². The Balaban J connectivity index is 2.37. The Morgan fingerprint density at radius 2 is 1.60 bits per heavy atom. The van der Waals surface area contributed by atoms with E-state index in [1.54, 1.807) is 0 Å². The summed E-state index contributed by atoms with van der Waals surface area (Å²) in [6.07, 6.45) is 1.53. The average molecular weight is 379 g/mol. The van der Waals surface area contributed by atoms with E-state index in [2.05, 4.69) is 22.6 Å². The van der Waals surface area contributed by atoms with Gasteiger partial charge in [0.15, 0.2) is 0 Å². The zero-order valence-electron chi connectivity index (χ0n) is 11.0. The summed E-state index contributed by atoms with van der Waals surface area (Å²) >= 11 is 2.14. The lowest BCUT2D eigenvalue weighted by molar-refractivity contribution is 0.181. The van der Waals surface area contributed by atoms with E-state index < -0.39 is 6.09 Å². The molecular formula is C16H14INO2. The molecule has 0 aliphatic carbocycles. The van der Waals surface area contributed by atoms with E-state index >= 15 is 0 Å². The second-order valence-electron chi connectivity index (χ2n) is 4.02. The Labute approximate surface area is 132 Å². The van der Waals surface area contributed by atoms with Crippen LogP contribution in [-0.2, 0) is 4.74 Å². The van der Waals surface area contributed by atoms with E-state index in [0.29, 0.717) is 0 Å². The molecule has 0 saturated heterocycles. The molecule has 0 aromatic heterocycles. The minimum Gasteiger partial charge on any atom is -0.452 e. The number of rotatable bonds is 3. The van der Waals surface area contributed by atoms with Gasteiger partial charge in [0.05, 0.1) is 16.5 Å². The molecule has 0 N–H and O–H groups in total. The van der Waals surface area contributed by atoms with E-state index in [-0.39, 0.29) is 0 Å². The zero-order chi connectivity index (χ0) is 14.4. The van der Waals surface area contributed by atoms with Crippen LogP contribution in [0, 0.1) is 0 Å². The highest BCUT2D eigenvalue weighted by Gasteiger charge is 2.18. The summed E-state index contributed by atoms with van der Waals surface area (Å²) in [4.78, 5) is 13.5. The number of nitrogens with zero attached hydrogens (tertiary/aromatic N) is 1. The first-order valence-electron chi connectivity index (χ1n) is 6.08. The van der Waals surface area contributed by atoms with E-state index in [4.69, 9.17) is 4.74 Å². The van der Waals surface area contributed by atoms with Crippen molar-refractivity contribution in [2.45, 2.75) is 0 Å². The van der Waals surface area contributed by atoms with Gasteiger partial charge in [-0.3, -0.25) is 0 Å². The quantitative estimate of drug-likeness (QED) is 0.572. The van der Waals surface area contributed by atoms with Crippen LogP contribution in [-0.4, -0.2) is 13.2 Å². The van der Waals surface area contributed by atoms with E-state index in [1.807, 2.05) is 66.7 Å². The summed E-state index contributed by atoms with van der Waals surface area (Å²) < 4.78 is 5.64. The highest BCUT2D eigenvalue weighted by molar-refractivity contribution is 14.1. The van der Waals surface area contributed by atoms with Crippen LogP contribution in [0.4, 0.5) is 10.5 Å². The van der Waals surface area contributed by atoms with Crippen LogP contribution in [0.25, 0.3) is 6.08 Å². The summed E-state index contributed by atoms with van der Waals surface area (Å²) in [6.45, 7) is 0. The number of hydrogen-bond donors (Lipinski definition) is 0. The first-order chi connectivity index (χ1) is 9.72. The van der Waals surface area contributed by atoms with Crippen molar-refractivity contribution in [1.82, 2.24) is 0 Å². The van der Waals surface area contributed by atoms with Crippen LogP contribution in [0.5, 0.6) is 0 Å². The van der Waals surface area contributed by atoms with Gasteiger partial charge in [0, 0.05) is 0 Å². The number of para-hydroxylation sites is 1. The fourth-order valence-corrected chi connectivity index (χ4v) is 2.57. The monoisotopic (exact) mass is 379 g/mol. The number of anilines is 1. The van der Waals surface area contributed by atoms with Crippen LogP contribution in [0.15, 0.2) is 64.4 Å². The van der Waals surface area contributed by atoms with E-state index in [1.165, 1.54) is 12.0 Å². The number of ether oxygens (including phenoxy) is 1. The van der Waals surface area contributed by atoms with Gasteiger partial charge in [0.1, 0.15) is 0 Å². The SMILES string of the molecule is COC(=O)N(/C(I)=C\c1ccccc1)c1ccccc1. The highest BCUT2D eigenvalue weighted by atomic mass is 127. The second kappa shape index (κ2) is 7.09. The highest BCUT2D eigenvalue weighted by Crippen LogP contribution is 2.25. The summed E-state index contributed by atoms with van der Waals surface area (Å²) in [5.74, 6) is 0. The number of carbonyl (C=O) groups excluding carboxylic acids is 1. The molecule has 2 aromatic carbocycles. The number of amides is 1. The maximum Gasteiger partial charge on any atom is 0.419 e. The molecule has 0 spiro atoms. The molecule has 102 valence electrons. The Hall–Kier alpha value is -1.82. The molecule has 0 aliphatic rings. The molecule has 1 amide bonds. The number of carbonyl (C=O) groups is 1. The minimum absolute atomic E-state index is 0.409.